The zero-order valence-electron chi connectivity index (χ0n) is 9.51. The third-order valence-corrected chi connectivity index (χ3v) is 2.82. The van der Waals surface area contributed by atoms with Gasteiger partial charge in [-0.15, -0.1) is 0 Å². The van der Waals surface area contributed by atoms with Gasteiger partial charge in [-0.3, -0.25) is 9.79 Å². The molecule has 2 aliphatic rings. The van der Waals surface area contributed by atoms with E-state index < -0.39 is 5.91 Å². The zero-order chi connectivity index (χ0) is 12.5. The Morgan fingerprint density at radius 1 is 1.39 bits per heavy atom. The first-order chi connectivity index (χ1) is 8.75. The van der Waals surface area contributed by atoms with E-state index in [4.69, 9.17) is 10.6 Å². The van der Waals surface area contributed by atoms with Gasteiger partial charge in [-0.25, -0.2) is 5.48 Å². The fraction of sp³-hybridized carbons (Fsp3) is 0.0769. The summed E-state index contributed by atoms with van der Waals surface area (Å²) < 4.78 is 0. The third-order valence-electron chi connectivity index (χ3n) is 2.82. The molecule has 1 aromatic carbocycles. The molecule has 2 aliphatic heterocycles. The molecule has 0 radical (unpaired) electrons. The summed E-state index contributed by atoms with van der Waals surface area (Å²) in [6.07, 6.45) is 3.53. The molecule has 0 spiro atoms. The van der Waals surface area contributed by atoms with Gasteiger partial charge in [0.15, 0.2) is 5.76 Å². The van der Waals surface area contributed by atoms with Crippen LogP contribution in [0.3, 0.4) is 0 Å². The SMILES string of the molecule is NC(=O)CC1=C2ONC=C2c2ccccc2C=N1. The van der Waals surface area contributed by atoms with E-state index in [1.165, 1.54) is 0 Å². The minimum atomic E-state index is -0.435. The molecular weight excluding hydrogens is 230 g/mol. The fourth-order valence-corrected chi connectivity index (χ4v) is 2.03. The molecule has 0 saturated heterocycles. The van der Waals surface area contributed by atoms with Crippen LogP contribution in [0.2, 0.25) is 0 Å². The molecule has 18 heavy (non-hydrogen) atoms. The molecule has 0 aromatic heterocycles. The van der Waals surface area contributed by atoms with Crippen LogP contribution in [0.4, 0.5) is 0 Å². The quantitative estimate of drug-likeness (QED) is 0.813. The number of hydroxylamine groups is 1. The van der Waals surface area contributed by atoms with Gasteiger partial charge in [0.1, 0.15) is 0 Å². The fourth-order valence-electron chi connectivity index (χ4n) is 2.03. The number of hydrogen-bond acceptors (Lipinski definition) is 4. The molecule has 1 amide bonds. The van der Waals surface area contributed by atoms with Gasteiger partial charge in [0.25, 0.3) is 0 Å². The van der Waals surface area contributed by atoms with Crippen LogP contribution in [-0.4, -0.2) is 12.1 Å². The van der Waals surface area contributed by atoms with Crippen molar-refractivity contribution in [3.05, 3.63) is 53.0 Å². The number of nitrogens with two attached hydrogens (primary N) is 1. The van der Waals surface area contributed by atoms with Crippen LogP contribution in [0.25, 0.3) is 5.57 Å². The van der Waals surface area contributed by atoms with Crippen LogP contribution >= 0.6 is 0 Å². The first-order valence-electron chi connectivity index (χ1n) is 5.53. The monoisotopic (exact) mass is 241 g/mol. The van der Waals surface area contributed by atoms with Crippen LogP contribution in [0, 0.1) is 0 Å². The Hall–Kier alpha value is -2.56. The number of amides is 1. The second kappa shape index (κ2) is 4.03. The standard InChI is InChI=1S/C13H11N3O2/c14-12(17)5-11-13-10(7-16-18-13)9-4-2-1-3-8(9)6-15-11/h1-4,6-7,16H,5H2,(H2,14,17). The number of nitrogens with zero attached hydrogens (tertiary/aromatic N) is 1. The summed E-state index contributed by atoms with van der Waals surface area (Å²) in [6, 6.07) is 7.83. The number of primary amides is 1. The van der Waals surface area contributed by atoms with Crippen molar-refractivity contribution in [2.24, 2.45) is 10.7 Å². The predicted octanol–water partition coefficient (Wildman–Crippen LogP) is 1.08. The van der Waals surface area contributed by atoms with Crippen LogP contribution < -0.4 is 11.2 Å². The molecule has 0 bridgehead atoms. The second-order valence-electron chi connectivity index (χ2n) is 4.04. The first kappa shape index (κ1) is 10.6. The van der Waals surface area contributed by atoms with E-state index in [9.17, 15) is 4.79 Å². The number of allylic oxidation sites excluding steroid dienone is 1. The van der Waals surface area contributed by atoms with Gasteiger partial charge >= 0.3 is 0 Å². The van der Waals surface area contributed by atoms with Gasteiger partial charge in [0.05, 0.1) is 12.1 Å². The number of carbonyl (C=O) groups is 1. The minimum absolute atomic E-state index is 0.0544. The van der Waals surface area contributed by atoms with Crippen molar-refractivity contribution in [1.82, 2.24) is 5.48 Å². The van der Waals surface area contributed by atoms with Crippen molar-refractivity contribution in [1.29, 1.82) is 0 Å². The maximum absolute atomic E-state index is 11.1. The largest absolute Gasteiger partial charge is 0.380 e. The predicted molar refractivity (Wildman–Crippen MR) is 67.1 cm³/mol. The minimum Gasteiger partial charge on any atom is -0.380 e. The van der Waals surface area contributed by atoms with Gasteiger partial charge in [0, 0.05) is 23.6 Å². The van der Waals surface area contributed by atoms with E-state index in [1.54, 1.807) is 12.4 Å². The van der Waals surface area contributed by atoms with Gasteiger partial charge in [-0.1, -0.05) is 24.3 Å². The molecule has 90 valence electrons. The topological polar surface area (TPSA) is 76.7 Å². The van der Waals surface area contributed by atoms with E-state index in [0.29, 0.717) is 11.5 Å². The van der Waals surface area contributed by atoms with Crippen molar-refractivity contribution < 1.29 is 9.63 Å². The Kier molecular flexibility index (Phi) is 2.37. The van der Waals surface area contributed by atoms with Crippen molar-refractivity contribution in [3.63, 3.8) is 0 Å². The number of rotatable bonds is 2. The van der Waals surface area contributed by atoms with Crippen molar-refractivity contribution >= 4 is 17.7 Å². The lowest BCUT2D eigenvalue weighted by Gasteiger charge is -2.06. The van der Waals surface area contributed by atoms with Crippen LogP contribution in [0.5, 0.6) is 0 Å². The summed E-state index contributed by atoms with van der Waals surface area (Å²) >= 11 is 0. The normalized spacial score (nSPS) is 16.1. The molecule has 0 aliphatic carbocycles. The molecular formula is C13H11N3O2. The van der Waals surface area contributed by atoms with E-state index in [-0.39, 0.29) is 6.42 Å². The van der Waals surface area contributed by atoms with Gasteiger partial charge in [-0.2, -0.15) is 0 Å². The van der Waals surface area contributed by atoms with Crippen molar-refractivity contribution in [2.75, 3.05) is 0 Å². The summed E-state index contributed by atoms with van der Waals surface area (Å²) in [7, 11) is 0. The highest BCUT2D eigenvalue weighted by Crippen LogP contribution is 2.34. The molecule has 0 saturated carbocycles. The Balaban J connectivity index is 2.15. The molecule has 0 unspecified atom stereocenters. The number of fused-ring (bicyclic) bond motifs is 3. The van der Waals surface area contributed by atoms with E-state index in [0.717, 1.165) is 16.7 Å². The van der Waals surface area contributed by atoms with E-state index in [1.807, 2.05) is 24.3 Å². The highest BCUT2D eigenvalue weighted by Gasteiger charge is 2.24. The molecule has 5 heteroatoms. The Morgan fingerprint density at radius 2 is 2.22 bits per heavy atom. The van der Waals surface area contributed by atoms with Gasteiger partial charge in [0.2, 0.25) is 5.91 Å². The summed E-state index contributed by atoms with van der Waals surface area (Å²) in [5, 5.41) is 0. The number of benzene rings is 1. The maximum atomic E-state index is 11.1. The average Bonchev–Trinajstić information content (AvgIpc) is 2.78. The Labute approximate surface area is 104 Å². The number of hydrogen-bond donors (Lipinski definition) is 2. The van der Waals surface area contributed by atoms with Crippen LogP contribution in [-0.2, 0) is 9.63 Å². The summed E-state index contributed by atoms with van der Waals surface area (Å²) in [5.41, 5.74) is 11.3. The average molecular weight is 241 g/mol. The number of carbonyl (C=O) groups excluding carboxylic acids is 1. The Morgan fingerprint density at radius 3 is 3.06 bits per heavy atom. The third kappa shape index (κ3) is 1.66. The molecule has 3 rings (SSSR count). The lowest BCUT2D eigenvalue weighted by atomic mass is 10.00. The van der Waals surface area contributed by atoms with Crippen LogP contribution in [0.15, 0.2) is 46.9 Å². The highest BCUT2D eigenvalue weighted by atomic mass is 16.7. The van der Waals surface area contributed by atoms with E-state index in [2.05, 4.69) is 10.5 Å². The van der Waals surface area contributed by atoms with Crippen molar-refractivity contribution in [3.8, 4) is 0 Å². The summed E-state index contributed by atoms with van der Waals surface area (Å²) in [4.78, 5) is 20.7. The lowest BCUT2D eigenvalue weighted by molar-refractivity contribution is -0.117. The second-order valence-corrected chi connectivity index (χ2v) is 4.04. The van der Waals surface area contributed by atoms with Crippen molar-refractivity contribution in [2.45, 2.75) is 6.42 Å². The summed E-state index contributed by atoms with van der Waals surface area (Å²) in [6.45, 7) is 0. The Bertz CT molecular complexity index is 614. The highest BCUT2D eigenvalue weighted by molar-refractivity contribution is 5.95. The maximum Gasteiger partial charge on any atom is 0.223 e. The molecule has 1 aromatic rings. The first-order valence-corrected chi connectivity index (χ1v) is 5.53. The molecule has 0 fully saturated rings. The van der Waals surface area contributed by atoms with Crippen LogP contribution in [0.1, 0.15) is 17.5 Å². The summed E-state index contributed by atoms with van der Waals surface area (Å²) in [5.74, 6) is 0.130. The molecule has 2 heterocycles. The zero-order valence-corrected chi connectivity index (χ0v) is 9.51. The van der Waals surface area contributed by atoms with Gasteiger partial charge < -0.3 is 10.6 Å². The number of nitrogens with one attached hydrogen (secondary N) is 1. The molecule has 3 N–H and O–H groups in total. The number of aliphatic imine (C=N–C) groups is 1. The molecule has 5 nitrogen and oxygen atoms in total. The van der Waals surface area contributed by atoms with Gasteiger partial charge in [-0.05, 0) is 5.56 Å². The van der Waals surface area contributed by atoms with E-state index >= 15 is 0 Å². The molecule has 0 atom stereocenters. The smallest absolute Gasteiger partial charge is 0.223 e. The lowest BCUT2D eigenvalue weighted by Crippen LogP contribution is -2.12.